The maximum Gasteiger partial charge on any atom is 0.415 e. The van der Waals surface area contributed by atoms with Gasteiger partial charge in [-0.05, 0) is 43.7 Å². The standard InChI is InChI=1S/C17H18ClNO2/c1-13(2)19(12-14-7-6-8-15(18)11-14)17(20)21-16-9-4-3-5-10-16/h3-11,13H,12H2,1-2H3. The van der Waals surface area contributed by atoms with Crippen molar-refractivity contribution in [2.75, 3.05) is 0 Å². The van der Waals surface area contributed by atoms with Gasteiger partial charge in [-0.25, -0.2) is 4.79 Å². The number of hydrogen-bond donors (Lipinski definition) is 0. The van der Waals surface area contributed by atoms with Gasteiger partial charge >= 0.3 is 6.09 Å². The largest absolute Gasteiger partial charge is 0.415 e. The molecule has 2 aromatic rings. The SMILES string of the molecule is CC(C)N(Cc1cccc(Cl)c1)C(=O)Oc1ccccc1. The van der Waals surface area contributed by atoms with E-state index < -0.39 is 0 Å². The molecule has 0 heterocycles. The number of amides is 1. The smallest absolute Gasteiger partial charge is 0.410 e. The Morgan fingerprint density at radius 3 is 2.48 bits per heavy atom. The van der Waals surface area contributed by atoms with E-state index in [1.807, 2.05) is 56.3 Å². The number of rotatable bonds is 4. The first-order chi connectivity index (χ1) is 10.1. The van der Waals surface area contributed by atoms with Crippen LogP contribution >= 0.6 is 11.6 Å². The van der Waals surface area contributed by atoms with Gasteiger partial charge in [-0.3, -0.25) is 0 Å². The predicted octanol–water partition coefficient (Wildman–Crippen LogP) is 4.75. The molecular weight excluding hydrogens is 286 g/mol. The van der Waals surface area contributed by atoms with Crippen molar-refractivity contribution in [1.29, 1.82) is 0 Å². The van der Waals surface area contributed by atoms with E-state index in [0.717, 1.165) is 5.56 Å². The quantitative estimate of drug-likeness (QED) is 0.815. The second-order valence-electron chi connectivity index (χ2n) is 5.03. The van der Waals surface area contributed by atoms with Gasteiger partial charge in [0.2, 0.25) is 0 Å². The Bertz CT molecular complexity index is 599. The van der Waals surface area contributed by atoms with Gasteiger partial charge in [-0.2, -0.15) is 0 Å². The second kappa shape index (κ2) is 7.14. The minimum absolute atomic E-state index is 0.0280. The molecule has 0 saturated carbocycles. The zero-order valence-corrected chi connectivity index (χ0v) is 12.9. The Morgan fingerprint density at radius 2 is 1.86 bits per heavy atom. The summed E-state index contributed by atoms with van der Waals surface area (Å²) in [6.07, 6.45) is -0.365. The number of hydrogen-bond acceptors (Lipinski definition) is 2. The van der Waals surface area contributed by atoms with Crippen molar-refractivity contribution in [3.05, 3.63) is 65.2 Å². The molecule has 0 atom stereocenters. The normalized spacial score (nSPS) is 10.5. The van der Waals surface area contributed by atoms with Crippen molar-refractivity contribution >= 4 is 17.7 Å². The Labute approximate surface area is 130 Å². The number of nitrogens with zero attached hydrogens (tertiary/aromatic N) is 1. The lowest BCUT2D eigenvalue weighted by atomic mass is 10.2. The molecule has 0 unspecified atom stereocenters. The van der Waals surface area contributed by atoms with Crippen molar-refractivity contribution in [2.24, 2.45) is 0 Å². The molecule has 0 aliphatic rings. The van der Waals surface area contributed by atoms with Crippen LogP contribution in [0.2, 0.25) is 5.02 Å². The number of benzene rings is 2. The number of ether oxygens (including phenoxy) is 1. The molecule has 2 aromatic carbocycles. The first-order valence-corrected chi connectivity index (χ1v) is 7.22. The van der Waals surface area contributed by atoms with E-state index in [2.05, 4.69) is 0 Å². The maximum atomic E-state index is 12.3. The molecule has 3 nitrogen and oxygen atoms in total. The predicted molar refractivity (Wildman–Crippen MR) is 84.6 cm³/mol. The van der Waals surface area contributed by atoms with Crippen LogP contribution in [0.1, 0.15) is 19.4 Å². The highest BCUT2D eigenvalue weighted by Crippen LogP contribution is 2.16. The van der Waals surface area contributed by atoms with Gasteiger partial charge in [0.05, 0.1) is 0 Å². The molecule has 4 heteroatoms. The van der Waals surface area contributed by atoms with Crippen molar-refractivity contribution in [2.45, 2.75) is 26.4 Å². The molecule has 0 saturated heterocycles. The summed E-state index contributed by atoms with van der Waals surface area (Å²) in [5.41, 5.74) is 0.973. The van der Waals surface area contributed by atoms with Crippen molar-refractivity contribution in [3.8, 4) is 5.75 Å². The van der Waals surface area contributed by atoms with E-state index in [0.29, 0.717) is 17.3 Å². The third-order valence-electron chi connectivity index (χ3n) is 3.05. The summed E-state index contributed by atoms with van der Waals surface area (Å²) >= 11 is 5.98. The first kappa shape index (κ1) is 15.4. The molecular formula is C17H18ClNO2. The zero-order chi connectivity index (χ0) is 15.2. The lowest BCUT2D eigenvalue weighted by Gasteiger charge is -2.26. The van der Waals surface area contributed by atoms with Crippen LogP contribution in [0.3, 0.4) is 0 Å². The molecule has 1 amide bonds. The molecule has 21 heavy (non-hydrogen) atoms. The average molecular weight is 304 g/mol. The van der Waals surface area contributed by atoms with Crippen LogP contribution in [0.25, 0.3) is 0 Å². The highest BCUT2D eigenvalue weighted by molar-refractivity contribution is 6.30. The lowest BCUT2D eigenvalue weighted by molar-refractivity contribution is 0.135. The summed E-state index contributed by atoms with van der Waals surface area (Å²) in [6.45, 7) is 4.37. The van der Waals surface area contributed by atoms with E-state index in [1.54, 1.807) is 17.0 Å². The van der Waals surface area contributed by atoms with Gasteiger partial charge in [0.15, 0.2) is 0 Å². The van der Waals surface area contributed by atoms with Crippen LogP contribution in [0.15, 0.2) is 54.6 Å². The molecule has 0 aliphatic carbocycles. The Balaban J connectivity index is 2.10. The fourth-order valence-electron chi connectivity index (χ4n) is 1.94. The highest BCUT2D eigenvalue weighted by atomic mass is 35.5. The van der Waals surface area contributed by atoms with Gasteiger partial charge in [0.1, 0.15) is 5.75 Å². The summed E-state index contributed by atoms with van der Waals surface area (Å²) in [5.74, 6) is 0.541. The van der Waals surface area contributed by atoms with E-state index >= 15 is 0 Å². The Kier molecular flexibility index (Phi) is 5.23. The van der Waals surface area contributed by atoms with E-state index in [1.165, 1.54) is 0 Å². The van der Waals surface area contributed by atoms with Crippen LogP contribution in [-0.4, -0.2) is 17.0 Å². The minimum Gasteiger partial charge on any atom is -0.410 e. The van der Waals surface area contributed by atoms with Crippen LogP contribution < -0.4 is 4.74 Å². The van der Waals surface area contributed by atoms with Crippen LogP contribution in [0.4, 0.5) is 4.79 Å². The van der Waals surface area contributed by atoms with Gasteiger partial charge < -0.3 is 9.64 Å². The maximum absolute atomic E-state index is 12.3. The number of para-hydroxylation sites is 1. The van der Waals surface area contributed by atoms with Crippen LogP contribution in [0, 0.1) is 0 Å². The van der Waals surface area contributed by atoms with Crippen molar-refractivity contribution in [3.63, 3.8) is 0 Å². The molecule has 0 fully saturated rings. The molecule has 0 bridgehead atoms. The Morgan fingerprint density at radius 1 is 1.14 bits per heavy atom. The summed E-state index contributed by atoms with van der Waals surface area (Å²) in [7, 11) is 0. The highest BCUT2D eigenvalue weighted by Gasteiger charge is 2.19. The van der Waals surface area contributed by atoms with E-state index in [9.17, 15) is 4.79 Å². The van der Waals surface area contributed by atoms with Crippen molar-refractivity contribution in [1.82, 2.24) is 4.90 Å². The molecule has 0 N–H and O–H groups in total. The summed E-state index contributed by atoms with van der Waals surface area (Å²) in [5, 5.41) is 0.660. The summed E-state index contributed by atoms with van der Waals surface area (Å²) < 4.78 is 5.39. The molecule has 2 rings (SSSR count). The zero-order valence-electron chi connectivity index (χ0n) is 12.1. The number of carbonyl (C=O) groups excluding carboxylic acids is 1. The Hall–Kier alpha value is -2.00. The molecule has 0 radical (unpaired) electrons. The fourth-order valence-corrected chi connectivity index (χ4v) is 2.15. The molecule has 110 valence electrons. The third-order valence-corrected chi connectivity index (χ3v) is 3.28. The average Bonchev–Trinajstić information content (AvgIpc) is 2.45. The van der Waals surface area contributed by atoms with Crippen molar-refractivity contribution < 1.29 is 9.53 Å². The lowest BCUT2D eigenvalue weighted by Crippen LogP contribution is -2.38. The summed E-state index contributed by atoms with van der Waals surface area (Å²) in [4.78, 5) is 14.0. The molecule has 0 aromatic heterocycles. The van der Waals surface area contributed by atoms with Gasteiger partial charge in [0.25, 0.3) is 0 Å². The monoisotopic (exact) mass is 303 g/mol. The van der Waals surface area contributed by atoms with Gasteiger partial charge in [-0.15, -0.1) is 0 Å². The van der Waals surface area contributed by atoms with Crippen LogP contribution in [0.5, 0.6) is 5.75 Å². The van der Waals surface area contributed by atoms with Gasteiger partial charge in [-0.1, -0.05) is 41.9 Å². The van der Waals surface area contributed by atoms with E-state index in [-0.39, 0.29) is 12.1 Å². The van der Waals surface area contributed by atoms with Crippen LogP contribution in [-0.2, 0) is 6.54 Å². The fraction of sp³-hybridized carbons (Fsp3) is 0.235. The van der Waals surface area contributed by atoms with E-state index in [4.69, 9.17) is 16.3 Å². The summed E-state index contributed by atoms with van der Waals surface area (Å²) in [6, 6.07) is 16.6. The number of carbonyl (C=O) groups is 1. The number of halogens is 1. The topological polar surface area (TPSA) is 29.5 Å². The first-order valence-electron chi connectivity index (χ1n) is 6.84. The molecule has 0 spiro atoms. The molecule has 0 aliphatic heterocycles. The van der Waals surface area contributed by atoms with Gasteiger partial charge in [0, 0.05) is 17.6 Å². The second-order valence-corrected chi connectivity index (χ2v) is 5.47. The minimum atomic E-state index is -0.365. The third kappa shape index (κ3) is 4.50.